The summed E-state index contributed by atoms with van der Waals surface area (Å²) in [5.41, 5.74) is -0.756. The number of aromatic nitrogens is 1. The van der Waals surface area contributed by atoms with Crippen molar-refractivity contribution in [1.29, 1.82) is 0 Å². The van der Waals surface area contributed by atoms with Crippen molar-refractivity contribution in [2.45, 2.75) is 42.8 Å². The smallest absolute Gasteiger partial charge is 0.391 e. The van der Waals surface area contributed by atoms with E-state index in [-0.39, 0.29) is 59.4 Å². The monoisotopic (exact) mass is 606 g/mol. The number of thiazole rings is 1. The molecule has 0 atom stereocenters. The quantitative estimate of drug-likeness (QED) is 0.284. The number of alkyl halides is 3. The molecule has 216 valence electrons. The number of anilines is 1. The molecule has 1 aliphatic rings. The fourth-order valence-electron chi connectivity index (χ4n) is 4.67. The molecule has 0 spiro atoms. The van der Waals surface area contributed by atoms with Crippen LogP contribution in [0.4, 0.5) is 27.6 Å². The molecule has 15 heteroatoms. The maximum Gasteiger partial charge on any atom is 0.391 e. The Hall–Kier alpha value is -3.46. The highest BCUT2D eigenvalue weighted by atomic mass is 32.2. The zero-order valence-electron chi connectivity index (χ0n) is 21.0. The van der Waals surface area contributed by atoms with Gasteiger partial charge in [-0.05, 0) is 43.7 Å². The van der Waals surface area contributed by atoms with Gasteiger partial charge in [-0.2, -0.15) is 21.6 Å². The zero-order chi connectivity index (χ0) is 29.4. The van der Waals surface area contributed by atoms with Crippen molar-refractivity contribution in [3.63, 3.8) is 0 Å². The van der Waals surface area contributed by atoms with Gasteiger partial charge in [0.15, 0.2) is 16.6 Å². The first-order valence-electron chi connectivity index (χ1n) is 11.8. The molecule has 0 amide bonds. The highest BCUT2D eigenvalue weighted by Gasteiger charge is 2.42. The first-order valence-corrected chi connectivity index (χ1v) is 14.2. The number of nitrogens with one attached hydrogen (secondary N) is 1. The van der Waals surface area contributed by atoms with E-state index in [2.05, 4.69) is 9.71 Å². The zero-order valence-corrected chi connectivity index (χ0v) is 22.6. The number of methoxy groups -OCH3 is 2. The Balaban J connectivity index is 1.60. The summed E-state index contributed by atoms with van der Waals surface area (Å²) in [5, 5.41) is 9.65. The third-order valence-electron chi connectivity index (χ3n) is 6.71. The highest BCUT2D eigenvalue weighted by Crippen LogP contribution is 2.46. The molecule has 8 nitrogen and oxygen atoms in total. The van der Waals surface area contributed by atoms with Gasteiger partial charge in [0, 0.05) is 17.0 Å². The lowest BCUT2D eigenvalue weighted by atomic mass is 9.78. The normalized spacial score (nSPS) is 17.9. The van der Waals surface area contributed by atoms with Crippen LogP contribution >= 0.6 is 11.3 Å². The van der Waals surface area contributed by atoms with E-state index < -0.39 is 50.3 Å². The first-order chi connectivity index (χ1) is 18.8. The van der Waals surface area contributed by atoms with Crippen molar-refractivity contribution >= 4 is 33.0 Å². The largest absolute Gasteiger partial charge is 0.495 e. The highest BCUT2D eigenvalue weighted by molar-refractivity contribution is 7.92. The Kier molecular flexibility index (Phi) is 8.26. The van der Waals surface area contributed by atoms with E-state index in [1.165, 1.54) is 13.2 Å². The second-order valence-electron chi connectivity index (χ2n) is 9.07. The van der Waals surface area contributed by atoms with E-state index in [1.807, 2.05) is 0 Å². The van der Waals surface area contributed by atoms with Crippen LogP contribution in [0.3, 0.4) is 0 Å². The van der Waals surface area contributed by atoms with E-state index in [0.717, 1.165) is 29.9 Å². The molecule has 40 heavy (non-hydrogen) atoms. The van der Waals surface area contributed by atoms with Gasteiger partial charge in [-0.15, -0.1) is 11.3 Å². The van der Waals surface area contributed by atoms with E-state index in [4.69, 9.17) is 14.6 Å². The van der Waals surface area contributed by atoms with Crippen LogP contribution in [0.5, 0.6) is 11.5 Å². The van der Waals surface area contributed by atoms with Gasteiger partial charge in [0.25, 0.3) is 10.0 Å². The molecule has 2 N–H and O–H groups in total. The summed E-state index contributed by atoms with van der Waals surface area (Å²) < 4.78 is 107. The van der Waals surface area contributed by atoms with E-state index >= 15 is 4.39 Å². The van der Waals surface area contributed by atoms with Gasteiger partial charge in [0.05, 0.1) is 37.0 Å². The van der Waals surface area contributed by atoms with Crippen LogP contribution in [0.2, 0.25) is 0 Å². The van der Waals surface area contributed by atoms with Crippen LogP contribution in [0, 0.1) is 17.6 Å². The predicted octanol–water partition coefficient (Wildman–Crippen LogP) is 6.44. The summed E-state index contributed by atoms with van der Waals surface area (Å²) in [4.78, 5) is 15.2. The minimum atomic E-state index is -4.44. The molecule has 1 saturated carbocycles. The van der Waals surface area contributed by atoms with Crippen LogP contribution in [-0.2, 0) is 10.0 Å². The first kappa shape index (κ1) is 29.5. The number of nitrogens with zero attached hydrogens (tertiary/aromatic N) is 1. The topological polar surface area (TPSA) is 115 Å². The number of hydrogen-bond donors (Lipinski definition) is 2. The van der Waals surface area contributed by atoms with Crippen molar-refractivity contribution in [3.05, 3.63) is 52.4 Å². The number of hydrogen-bond acceptors (Lipinski definition) is 7. The molecule has 0 unspecified atom stereocenters. The molecule has 0 aliphatic heterocycles. The van der Waals surface area contributed by atoms with Crippen LogP contribution in [0.1, 0.15) is 47.5 Å². The minimum absolute atomic E-state index is 0.0251. The maximum atomic E-state index is 15.5. The van der Waals surface area contributed by atoms with Gasteiger partial charge in [-0.1, -0.05) is 6.07 Å². The predicted molar refractivity (Wildman–Crippen MR) is 136 cm³/mol. The number of halogens is 5. The fraction of sp³-hybridized carbons (Fsp3) is 0.360. The number of ether oxygens (including phenoxy) is 2. The number of carboxylic acids is 1. The number of carboxylic acid groups (broad SMARTS) is 1. The average Bonchev–Trinajstić information content (AvgIpc) is 3.39. The van der Waals surface area contributed by atoms with Crippen LogP contribution in [0.25, 0.3) is 10.6 Å². The second kappa shape index (κ2) is 11.2. The van der Waals surface area contributed by atoms with E-state index in [9.17, 15) is 30.8 Å². The lowest BCUT2D eigenvalue weighted by Gasteiger charge is -2.31. The summed E-state index contributed by atoms with van der Waals surface area (Å²) >= 11 is 0.803. The molecular formula is C25H23F5N2O6S2. The maximum absolute atomic E-state index is 15.5. The third-order valence-corrected chi connectivity index (χ3v) is 8.99. The van der Waals surface area contributed by atoms with Crippen molar-refractivity contribution < 1.29 is 49.7 Å². The molecule has 0 bridgehead atoms. The van der Waals surface area contributed by atoms with Gasteiger partial charge >= 0.3 is 12.1 Å². The summed E-state index contributed by atoms with van der Waals surface area (Å²) in [6.45, 7) is 0. The summed E-state index contributed by atoms with van der Waals surface area (Å²) in [5.74, 6) is -5.75. The molecule has 3 aromatic rings. The number of carbonyl (C=O) groups is 1. The molecule has 1 fully saturated rings. The summed E-state index contributed by atoms with van der Waals surface area (Å²) in [6, 6.07) is 4.38. The fourth-order valence-corrected chi connectivity index (χ4v) is 6.84. The van der Waals surface area contributed by atoms with Gasteiger partial charge in [0.1, 0.15) is 16.6 Å². The van der Waals surface area contributed by atoms with Gasteiger partial charge in [-0.3, -0.25) is 4.72 Å². The standard InChI is InChI=1S/C25H23F5N2O6S2/c1-37-19-9-16(24(33)34)17(26)10-18(19)32-40(35,36)20-11-39-23(31-20)15-8-7-14(22(38-2)21(15)27)12-3-5-13(6-4-12)25(28,29)30/h7-13,32H,3-6H2,1-2H3,(H,33,34). The molecular weight excluding hydrogens is 583 g/mol. The number of sulfonamides is 1. The molecule has 1 aromatic heterocycles. The SMILES string of the molecule is COc1cc(C(=O)O)c(F)cc1NS(=O)(=O)c1csc(-c2ccc(C3CCC(C(F)(F)F)CC3)c(OC)c2F)n1. The van der Waals surface area contributed by atoms with Crippen molar-refractivity contribution in [2.24, 2.45) is 5.92 Å². The van der Waals surface area contributed by atoms with Crippen LogP contribution < -0.4 is 14.2 Å². The third kappa shape index (κ3) is 5.84. The Morgan fingerprint density at radius 2 is 1.77 bits per heavy atom. The van der Waals surface area contributed by atoms with Gasteiger partial charge in [0.2, 0.25) is 0 Å². The summed E-state index contributed by atoms with van der Waals surface area (Å²) in [6.07, 6.45) is -4.00. The lowest BCUT2D eigenvalue weighted by molar-refractivity contribution is -0.182. The average molecular weight is 607 g/mol. The molecule has 4 rings (SSSR count). The van der Waals surface area contributed by atoms with Crippen molar-refractivity contribution in [1.82, 2.24) is 4.98 Å². The number of aromatic carboxylic acids is 1. The molecule has 1 aliphatic carbocycles. The van der Waals surface area contributed by atoms with E-state index in [0.29, 0.717) is 11.6 Å². The molecule has 2 aromatic carbocycles. The second-order valence-corrected chi connectivity index (χ2v) is 11.6. The van der Waals surface area contributed by atoms with Gasteiger partial charge < -0.3 is 14.6 Å². The Morgan fingerprint density at radius 1 is 1.10 bits per heavy atom. The van der Waals surface area contributed by atoms with Crippen molar-refractivity contribution in [2.75, 3.05) is 18.9 Å². The summed E-state index contributed by atoms with van der Waals surface area (Å²) in [7, 11) is -2.07. The Bertz CT molecular complexity index is 1530. The molecule has 0 radical (unpaired) electrons. The minimum Gasteiger partial charge on any atom is -0.495 e. The Labute approximate surface area is 229 Å². The Morgan fingerprint density at radius 3 is 2.35 bits per heavy atom. The van der Waals surface area contributed by atoms with Crippen LogP contribution in [-0.4, -0.2) is 44.9 Å². The van der Waals surface area contributed by atoms with Crippen LogP contribution in [0.15, 0.2) is 34.7 Å². The van der Waals surface area contributed by atoms with Gasteiger partial charge in [-0.25, -0.2) is 18.6 Å². The lowest BCUT2D eigenvalue weighted by Crippen LogP contribution is -2.27. The number of rotatable bonds is 8. The molecule has 1 heterocycles. The van der Waals surface area contributed by atoms with Crippen molar-refractivity contribution in [3.8, 4) is 22.1 Å². The van der Waals surface area contributed by atoms with E-state index in [1.54, 1.807) is 6.07 Å². The molecule has 0 saturated heterocycles. The number of benzene rings is 2.